The van der Waals surface area contributed by atoms with Crippen LogP contribution in [-0.2, 0) is 6.18 Å². The maximum Gasteiger partial charge on any atom is 0.435 e. The van der Waals surface area contributed by atoms with Crippen LogP contribution in [0.2, 0.25) is 0 Å². The second kappa shape index (κ2) is 8.02. The van der Waals surface area contributed by atoms with E-state index in [1.165, 1.54) is 41.2 Å². The molecule has 2 aromatic heterocycles. The van der Waals surface area contributed by atoms with Crippen LogP contribution in [0.1, 0.15) is 26.5 Å². The molecule has 0 saturated heterocycles. The molecule has 2 amide bonds. The Hall–Kier alpha value is -4.41. The lowest BCUT2D eigenvalue weighted by atomic mass is 10.2. The molecule has 8 nitrogen and oxygen atoms in total. The number of aromatic nitrogens is 4. The first-order chi connectivity index (χ1) is 15.2. The highest BCUT2D eigenvalue weighted by Crippen LogP contribution is 2.28. The molecule has 4 rings (SSSR count). The van der Waals surface area contributed by atoms with Gasteiger partial charge in [0, 0.05) is 18.0 Å². The minimum atomic E-state index is -4.54. The van der Waals surface area contributed by atoms with Crippen LogP contribution in [0, 0.1) is 0 Å². The highest BCUT2D eigenvalue weighted by Gasteiger charge is 2.33. The number of amides is 2. The van der Waals surface area contributed by atoms with Crippen LogP contribution >= 0.6 is 0 Å². The zero-order valence-corrected chi connectivity index (χ0v) is 16.2. The predicted molar refractivity (Wildman–Crippen MR) is 109 cm³/mol. The first-order valence-electron chi connectivity index (χ1n) is 9.22. The van der Waals surface area contributed by atoms with Gasteiger partial charge in [0.2, 0.25) is 0 Å². The molecule has 2 aromatic carbocycles. The van der Waals surface area contributed by atoms with Crippen molar-refractivity contribution < 1.29 is 22.8 Å². The second-order valence-corrected chi connectivity index (χ2v) is 6.67. The van der Waals surface area contributed by atoms with E-state index in [0.29, 0.717) is 17.1 Å². The number of para-hydroxylation sites is 2. The smallest absolute Gasteiger partial charge is 0.364 e. The van der Waals surface area contributed by atoms with Crippen LogP contribution in [0.3, 0.4) is 0 Å². The van der Waals surface area contributed by atoms with Gasteiger partial charge in [-0.05, 0) is 48.5 Å². The Labute approximate surface area is 179 Å². The molecule has 0 aliphatic heterocycles. The normalized spacial score (nSPS) is 11.3. The molecule has 0 spiro atoms. The van der Waals surface area contributed by atoms with Crippen molar-refractivity contribution in [2.45, 2.75) is 6.18 Å². The van der Waals surface area contributed by atoms with Gasteiger partial charge in [-0.15, -0.1) is 0 Å². The maximum absolute atomic E-state index is 12.7. The number of halogens is 3. The molecule has 11 heteroatoms. The van der Waals surface area contributed by atoms with E-state index >= 15 is 0 Å². The Kier molecular flexibility index (Phi) is 5.23. The highest BCUT2D eigenvalue weighted by molar-refractivity contribution is 6.05. The minimum Gasteiger partial charge on any atom is -0.364 e. The first kappa shape index (κ1) is 20.8. The molecule has 162 valence electrons. The van der Waals surface area contributed by atoms with Crippen molar-refractivity contribution in [1.29, 1.82) is 0 Å². The van der Waals surface area contributed by atoms with Gasteiger partial charge in [0.05, 0.1) is 17.1 Å². The molecule has 0 unspecified atom stereocenters. The third kappa shape index (κ3) is 4.21. The lowest BCUT2D eigenvalue weighted by Gasteiger charge is -2.11. The molecular formula is C21H15F3N6O2. The Morgan fingerprint density at radius 1 is 0.875 bits per heavy atom. The predicted octanol–water partition coefficient (Wildman–Crippen LogP) is 3.43. The van der Waals surface area contributed by atoms with E-state index in [1.807, 2.05) is 0 Å². The third-order valence-electron chi connectivity index (χ3n) is 4.51. The summed E-state index contributed by atoms with van der Waals surface area (Å²) in [6, 6.07) is 15.1. The fraction of sp³-hybridized carbons (Fsp3) is 0.0476. The highest BCUT2D eigenvalue weighted by atomic mass is 19.4. The van der Waals surface area contributed by atoms with Crippen molar-refractivity contribution in [3.05, 3.63) is 90.0 Å². The zero-order valence-electron chi connectivity index (χ0n) is 16.2. The van der Waals surface area contributed by atoms with E-state index in [1.54, 1.807) is 30.5 Å². The average Bonchev–Trinajstić information content (AvgIpc) is 3.44. The first-order valence-corrected chi connectivity index (χ1v) is 9.22. The van der Waals surface area contributed by atoms with Gasteiger partial charge in [0.15, 0.2) is 5.69 Å². The molecule has 0 saturated carbocycles. The monoisotopic (exact) mass is 440 g/mol. The van der Waals surface area contributed by atoms with Gasteiger partial charge in [-0.3, -0.25) is 9.59 Å². The average molecular weight is 440 g/mol. The van der Waals surface area contributed by atoms with Gasteiger partial charge >= 0.3 is 6.18 Å². The van der Waals surface area contributed by atoms with Gasteiger partial charge in [-0.2, -0.15) is 23.4 Å². The number of carbonyl (C=O) groups excluding carboxylic acids is 2. The number of rotatable bonds is 5. The topological polar surface area (TPSA) is 108 Å². The number of benzene rings is 2. The summed E-state index contributed by atoms with van der Waals surface area (Å²) < 4.78 is 40.7. The number of hydrogen-bond donors (Lipinski definition) is 2. The van der Waals surface area contributed by atoms with E-state index < -0.39 is 23.7 Å². The van der Waals surface area contributed by atoms with Gasteiger partial charge in [0.1, 0.15) is 5.69 Å². The molecule has 0 bridgehead atoms. The van der Waals surface area contributed by atoms with Crippen molar-refractivity contribution in [3.63, 3.8) is 0 Å². The lowest BCUT2D eigenvalue weighted by molar-refractivity contribution is -0.141. The Morgan fingerprint density at radius 2 is 1.56 bits per heavy atom. The van der Waals surface area contributed by atoms with Gasteiger partial charge in [-0.1, -0.05) is 12.1 Å². The van der Waals surface area contributed by atoms with Crippen LogP contribution in [0.15, 0.2) is 73.1 Å². The van der Waals surface area contributed by atoms with Crippen LogP contribution < -0.4 is 11.1 Å². The summed E-state index contributed by atoms with van der Waals surface area (Å²) >= 11 is 0. The molecule has 0 aliphatic rings. The molecular weight excluding hydrogens is 425 g/mol. The van der Waals surface area contributed by atoms with E-state index in [9.17, 15) is 22.8 Å². The van der Waals surface area contributed by atoms with Crippen molar-refractivity contribution in [2.24, 2.45) is 5.73 Å². The van der Waals surface area contributed by atoms with Gasteiger partial charge in [-0.25, -0.2) is 9.36 Å². The fourth-order valence-corrected chi connectivity index (χ4v) is 2.95. The van der Waals surface area contributed by atoms with Gasteiger partial charge < -0.3 is 11.1 Å². The van der Waals surface area contributed by atoms with Crippen LogP contribution in [0.25, 0.3) is 11.4 Å². The molecule has 32 heavy (non-hydrogen) atoms. The number of nitrogens with one attached hydrogen (secondary N) is 1. The molecule has 2 heterocycles. The quantitative estimate of drug-likeness (QED) is 0.496. The maximum atomic E-state index is 12.7. The Morgan fingerprint density at radius 3 is 2.19 bits per heavy atom. The van der Waals surface area contributed by atoms with E-state index in [2.05, 4.69) is 15.5 Å². The third-order valence-corrected chi connectivity index (χ3v) is 4.51. The van der Waals surface area contributed by atoms with Crippen LogP contribution in [-0.4, -0.2) is 31.4 Å². The van der Waals surface area contributed by atoms with Crippen molar-refractivity contribution in [1.82, 2.24) is 19.6 Å². The van der Waals surface area contributed by atoms with E-state index in [4.69, 9.17) is 5.73 Å². The summed E-state index contributed by atoms with van der Waals surface area (Å²) in [6.07, 6.45) is -1.80. The van der Waals surface area contributed by atoms with Gasteiger partial charge in [0.25, 0.3) is 11.8 Å². The summed E-state index contributed by atoms with van der Waals surface area (Å²) in [7, 11) is 0. The van der Waals surface area contributed by atoms with E-state index in [-0.39, 0.29) is 11.3 Å². The molecule has 0 fully saturated rings. The van der Waals surface area contributed by atoms with Crippen molar-refractivity contribution in [3.8, 4) is 11.4 Å². The molecule has 0 aliphatic carbocycles. The number of anilines is 1. The molecule has 3 N–H and O–H groups in total. The van der Waals surface area contributed by atoms with Crippen LogP contribution in [0.4, 0.5) is 18.9 Å². The SMILES string of the molecule is NC(=O)c1ccn(-c2ccccc2NC(=O)c2ccc(-n3ccc(C(F)(F)F)n3)cc2)n1. The minimum absolute atomic E-state index is 0.0778. The van der Waals surface area contributed by atoms with Crippen LogP contribution in [0.5, 0.6) is 0 Å². The summed E-state index contributed by atoms with van der Waals surface area (Å²) in [5.74, 6) is -1.12. The molecule has 0 atom stereocenters. The molecule has 0 radical (unpaired) electrons. The number of hydrogen-bond acceptors (Lipinski definition) is 4. The van der Waals surface area contributed by atoms with E-state index in [0.717, 1.165) is 10.7 Å². The largest absolute Gasteiger partial charge is 0.435 e. The number of nitrogens with zero attached hydrogens (tertiary/aromatic N) is 4. The number of primary amides is 1. The summed E-state index contributed by atoms with van der Waals surface area (Å²) in [5.41, 5.74) is 5.90. The van der Waals surface area contributed by atoms with Crippen molar-refractivity contribution >= 4 is 17.5 Å². The Balaban J connectivity index is 1.54. The number of alkyl halides is 3. The standard InChI is InChI=1S/C21H15F3N6O2/c22-21(23,24)18-10-12-29(28-18)14-7-5-13(6-8-14)20(32)26-15-3-1-2-4-17(15)30-11-9-16(27-30)19(25)31/h1-12H,(H2,25,31)(H,26,32). The lowest BCUT2D eigenvalue weighted by Crippen LogP contribution is -2.15. The summed E-state index contributed by atoms with van der Waals surface area (Å²) in [6.45, 7) is 0. The Bertz CT molecular complexity index is 1290. The summed E-state index contributed by atoms with van der Waals surface area (Å²) in [5, 5.41) is 10.3. The number of carbonyl (C=O) groups is 2. The summed E-state index contributed by atoms with van der Waals surface area (Å²) in [4.78, 5) is 24.0. The van der Waals surface area contributed by atoms with Crippen molar-refractivity contribution in [2.75, 3.05) is 5.32 Å². The zero-order chi connectivity index (χ0) is 22.9. The second-order valence-electron chi connectivity index (χ2n) is 6.67. The molecule has 4 aromatic rings. The fourth-order valence-electron chi connectivity index (χ4n) is 2.95. The number of nitrogens with two attached hydrogens (primary N) is 1.